The van der Waals surface area contributed by atoms with E-state index in [1.165, 1.54) is 11.3 Å². The largest absolute Gasteiger partial charge is 0.413 e. The van der Waals surface area contributed by atoms with Crippen LogP contribution in [0.3, 0.4) is 0 Å². The van der Waals surface area contributed by atoms with Gasteiger partial charge in [-0.3, -0.25) is 9.67 Å². The third-order valence-electron chi connectivity index (χ3n) is 5.01. The molecule has 170 valence electrons. The zero-order valence-corrected chi connectivity index (χ0v) is 19.1. The minimum Gasteiger partial charge on any atom is -0.397 e. The number of nitrogens with one attached hydrogen (secondary N) is 1. The van der Waals surface area contributed by atoms with Crippen molar-refractivity contribution in [1.29, 1.82) is 0 Å². The molecule has 0 aliphatic carbocycles. The normalized spacial score (nSPS) is 10.9. The molecule has 10 heteroatoms. The predicted molar refractivity (Wildman–Crippen MR) is 128 cm³/mol. The van der Waals surface area contributed by atoms with Gasteiger partial charge in [0.15, 0.2) is 0 Å². The Morgan fingerprint density at radius 3 is 2.71 bits per heavy atom. The van der Waals surface area contributed by atoms with E-state index in [2.05, 4.69) is 37.6 Å². The lowest BCUT2D eigenvalue weighted by molar-refractivity contribution is 0.201. The number of aryl methyl sites for hydroxylation is 1. The summed E-state index contributed by atoms with van der Waals surface area (Å²) < 4.78 is 9.13. The van der Waals surface area contributed by atoms with Crippen LogP contribution < -0.4 is 10.1 Å². The van der Waals surface area contributed by atoms with Gasteiger partial charge in [-0.05, 0) is 48.4 Å². The molecule has 1 N–H and O–H groups in total. The SMILES string of the molecule is Cc1nc(-c2ccn(Cc3ccc(-n4cccn4)cc3)n2)sc1OC(=O)NCc1cccnc1. The summed E-state index contributed by atoms with van der Waals surface area (Å²) in [5, 5.41) is 12.7. The summed E-state index contributed by atoms with van der Waals surface area (Å²) in [6, 6.07) is 15.7. The molecule has 0 aliphatic rings. The Labute approximate surface area is 199 Å². The van der Waals surface area contributed by atoms with Crippen LogP contribution >= 0.6 is 11.3 Å². The highest BCUT2D eigenvalue weighted by Gasteiger charge is 2.16. The molecule has 4 heterocycles. The molecule has 4 aromatic heterocycles. The van der Waals surface area contributed by atoms with Crippen LogP contribution in [0.25, 0.3) is 16.4 Å². The monoisotopic (exact) mass is 471 g/mol. The first kappa shape index (κ1) is 21.5. The maximum Gasteiger partial charge on any atom is 0.413 e. The highest BCUT2D eigenvalue weighted by Crippen LogP contribution is 2.33. The first-order valence-electron chi connectivity index (χ1n) is 10.6. The Bertz CT molecular complexity index is 1380. The molecular formula is C24H21N7O2S. The number of thiazole rings is 1. The van der Waals surface area contributed by atoms with Gasteiger partial charge in [0.25, 0.3) is 0 Å². The second-order valence-corrected chi connectivity index (χ2v) is 8.47. The van der Waals surface area contributed by atoms with Gasteiger partial charge in [-0.1, -0.05) is 29.5 Å². The van der Waals surface area contributed by atoms with Crippen molar-refractivity contribution < 1.29 is 9.53 Å². The third-order valence-corrected chi connectivity index (χ3v) is 6.07. The summed E-state index contributed by atoms with van der Waals surface area (Å²) in [6.07, 6.45) is 8.42. The van der Waals surface area contributed by atoms with Crippen molar-refractivity contribution in [3.8, 4) is 21.5 Å². The number of hydrogen-bond donors (Lipinski definition) is 1. The number of benzene rings is 1. The van der Waals surface area contributed by atoms with E-state index in [-0.39, 0.29) is 0 Å². The Morgan fingerprint density at radius 2 is 1.94 bits per heavy atom. The number of aromatic nitrogens is 6. The summed E-state index contributed by atoms with van der Waals surface area (Å²) in [7, 11) is 0. The third kappa shape index (κ3) is 5.02. The number of ether oxygens (including phenoxy) is 1. The average Bonchev–Trinajstić information content (AvgIpc) is 3.62. The molecule has 5 rings (SSSR count). The Balaban J connectivity index is 1.21. The molecule has 0 saturated heterocycles. The minimum atomic E-state index is -0.536. The van der Waals surface area contributed by atoms with Crippen molar-refractivity contribution in [2.75, 3.05) is 0 Å². The number of amides is 1. The number of nitrogens with zero attached hydrogens (tertiary/aromatic N) is 6. The number of carbonyl (C=O) groups is 1. The molecule has 0 unspecified atom stereocenters. The second kappa shape index (κ2) is 9.67. The van der Waals surface area contributed by atoms with Crippen molar-refractivity contribution in [3.05, 3.63) is 96.3 Å². The number of carbonyl (C=O) groups excluding carboxylic acids is 1. The van der Waals surface area contributed by atoms with E-state index in [1.807, 2.05) is 65.1 Å². The van der Waals surface area contributed by atoms with Gasteiger partial charge in [-0.15, -0.1) is 0 Å². The van der Waals surface area contributed by atoms with Crippen molar-refractivity contribution in [3.63, 3.8) is 0 Å². The topological polar surface area (TPSA) is 99.8 Å². The van der Waals surface area contributed by atoms with E-state index in [9.17, 15) is 4.79 Å². The van der Waals surface area contributed by atoms with Crippen molar-refractivity contribution in [2.24, 2.45) is 0 Å². The van der Waals surface area contributed by atoms with Gasteiger partial charge in [0.05, 0.1) is 17.9 Å². The van der Waals surface area contributed by atoms with Crippen LogP contribution in [-0.2, 0) is 13.1 Å². The van der Waals surface area contributed by atoms with E-state index >= 15 is 0 Å². The fraction of sp³-hybridized carbons (Fsp3) is 0.125. The van der Waals surface area contributed by atoms with Gasteiger partial charge < -0.3 is 10.1 Å². The molecule has 0 spiro atoms. The molecule has 1 amide bonds. The van der Waals surface area contributed by atoms with Crippen LogP contribution in [0.1, 0.15) is 16.8 Å². The maximum absolute atomic E-state index is 12.2. The lowest BCUT2D eigenvalue weighted by Gasteiger charge is -2.05. The van der Waals surface area contributed by atoms with Gasteiger partial charge in [0, 0.05) is 37.5 Å². The lowest BCUT2D eigenvalue weighted by atomic mass is 10.2. The quantitative estimate of drug-likeness (QED) is 0.381. The van der Waals surface area contributed by atoms with Crippen LogP contribution in [0.2, 0.25) is 0 Å². The summed E-state index contributed by atoms with van der Waals surface area (Å²) >= 11 is 1.29. The van der Waals surface area contributed by atoms with Crippen molar-refractivity contribution in [2.45, 2.75) is 20.0 Å². The molecule has 0 bridgehead atoms. The molecule has 9 nitrogen and oxygen atoms in total. The fourth-order valence-corrected chi connectivity index (χ4v) is 4.19. The molecule has 0 fully saturated rings. The molecule has 5 aromatic rings. The van der Waals surface area contributed by atoms with Gasteiger partial charge >= 0.3 is 6.09 Å². The summed E-state index contributed by atoms with van der Waals surface area (Å²) in [5.41, 5.74) is 4.38. The van der Waals surface area contributed by atoms with Gasteiger partial charge in [-0.25, -0.2) is 14.5 Å². The Morgan fingerprint density at radius 1 is 1.06 bits per heavy atom. The highest BCUT2D eigenvalue weighted by molar-refractivity contribution is 7.17. The van der Waals surface area contributed by atoms with Gasteiger partial charge in [0.2, 0.25) is 5.06 Å². The van der Waals surface area contributed by atoms with Crippen LogP contribution in [-0.4, -0.2) is 35.6 Å². The van der Waals surface area contributed by atoms with E-state index < -0.39 is 6.09 Å². The van der Waals surface area contributed by atoms with E-state index in [0.29, 0.717) is 28.9 Å². The number of rotatable bonds is 7. The zero-order chi connectivity index (χ0) is 23.3. The molecule has 0 radical (unpaired) electrons. The van der Waals surface area contributed by atoms with E-state index in [4.69, 9.17) is 4.74 Å². The standard InChI is InChI=1S/C24H21N7O2S/c1-17-23(33-24(32)26-15-19-4-2-10-25-14-19)34-22(28-17)21-9-13-30(29-21)16-18-5-7-20(8-6-18)31-12-3-11-27-31/h2-14H,15-16H2,1H3,(H,26,32). The van der Waals surface area contributed by atoms with Crippen LogP contribution in [0, 0.1) is 6.92 Å². The summed E-state index contributed by atoms with van der Waals surface area (Å²) in [6.45, 7) is 2.77. The molecule has 0 aliphatic heterocycles. The molecule has 0 saturated carbocycles. The fourth-order valence-electron chi connectivity index (χ4n) is 3.31. The van der Waals surface area contributed by atoms with Crippen LogP contribution in [0.5, 0.6) is 5.06 Å². The van der Waals surface area contributed by atoms with Crippen LogP contribution in [0.4, 0.5) is 4.79 Å². The highest BCUT2D eigenvalue weighted by atomic mass is 32.1. The Kier molecular flexibility index (Phi) is 6.13. The van der Waals surface area contributed by atoms with Crippen molar-refractivity contribution in [1.82, 2.24) is 34.8 Å². The number of hydrogen-bond acceptors (Lipinski definition) is 7. The molecule has 0 atom stereocenters. The average molecular weight is 472 g/mol. The lowest BCUT2D eigenvalue weighted by Crippen LogP contribution is -2.26. The summed E-state index contributed by atoms with van der Waals surface area (Å²) in [4.78, 5) is 20.7. The van der Waals surface area contributed by atoms with E-state index in [1.54, 1.807) is 18.6 Å². The zero-order valence-electron chi connectivity index (χ0n) is 18.3. The molecule has 34 heavy (non-hydrogen) atoms. The van der Waals surface area contributed by atoms with E-state index in [0.717, 1.165) is 22.5 Å². The smallest absolute Gasteiger partial charge is 0.397 e. The van der Waals surface area contributed by atoms with Gasteiger partial charge in [-0.2, -0.15) is 10.2 Å². The first-order valence-corrected chi connectivity index (χ1v) is 11.4. The first-order chi connectivity index (χ1) is 16.6. The Hall–Kier alpha value is -4.31. The molecular weight excluding hydrogens is 450 g/mol. The number of pyridine rings is 1. The predicted octanol–water partition coefficient (Wildman–Crippen LogP) is 4.23. The maximum atomic E-state index is 12.2. The molecule has 1 aromatic carbocycles. The van der Waals surface area contributed by atoms with Crippen molar-refractivity contribution >= 4 is 17.4 Å². The minimum absolute atomic E-state index is 0.338. The van der Waals surface area contributed by atoms with Crippen LogP contribution in [0.15, 0.2) is 79.5 Å². The summed E-state index contributed by atoms with van der Waals surface area (Å²) in [5.74, 6) is 0. The van der Waals surface area contributed by atoms with Gasteiger partial charge in [0.1, 0.15) is 10.7 Å². The second-order valence-electron chi connectivity index (χ2n) is 7.51.